The molecule has 0 heterocycles. The molecule has 16 aromatic carbocycles. The van der Waals surface area contributed by atoms with Crippen molar-refractivity contribution in [2.75, 3.05) is 37.2 Å². The Hall–Kier alpha value is -18.3. The first-order chi connectivity index (χ1) is 64.7. The smallest absolute Gasteiger partial charge is 0.338 e. The van der Waals surface area contributed by atoms with Gasteiger partial charge in [-0.25, -0.2) is 4.79 Å². The molecule has 0 saturated heterocycles. The SMILES string of the molecule is C=C(C)C(=O)Nc1c(O)ccc2ccccc12.C=C(C)C(=O)Nc1cc(O)cc2ccccc12.C=C(C)C(=O)Nc1ccc(O)c2ccccc12.C=C(C)C(=O)Nc1cccc2c(O)cccc12.C=C(C)C(=O)Nc1cccc2cc(O)ccc12.C=C(C)C(=O)Nc1cccc2ccc(O)cc12.C=C(C)C(=O)Nc1cccc2cccc(O)c12.C=C(C)C(=O)Oc1ccc2cccc(O)c2c1. The number of carbonyl (C=O) groups excluding carboxylic acids is 8. The summed E-state index contributed by atoms with van der Waals surface area (Å²) in [4.78, 5) is 92.4. The van der Waals surface area contributed by atoms with E-state index >= 15 is 0 Å². The number of benzene rings is 16. The number of nitrogens with one attached hydrogen (secondary N) is 7. The third kappa shape index (κ3) is 27.9. The van der Waals surface area contributed by atoms with E-state index in [1.54, 1.807) is 213 Å². The van der Waals surface area contributed by atoms with Gasteiger partial charge in [0.2, 0.25) is 0 Å². The molecule has 0 aliphatic rings. The molecular formula is C112H103N7O17. The Kier molecular flexibility index (Phi) is 35.3. The highest BCUT2D eigenvalue weighted by Gasteiger charge is 2.17. The number of esters is 1. The molecule has 0 bridgehead atoms. The molecule has 16 aromatic rings. The molecule has 24 heteroatoms. The number of ether oxygens (including phenoxy) is 1. The molecule has 15 N–H and O–H groups in total. The van der Waals surface area contributed by atoms with Crippen LogP contribution in [0, 0.1) is 0 Å². The highest BCUT2D eigenvalue weighted by molar-refractivity contribution is 6.15. The van der Waals surface area contributed by atoms with E-state index in [0.717, 1.165) is 70.3 Å². The normalized spacial score (nSPS) is 10.2. The van der Waals surface area contributed by atoms with Crippen molar-refractivity contribution >= 4 is 173 Å². The number of fused-ring (bicyclic) bond motifs is 8. The van der Waals surface area contributed by atoms with Crippen molar-refractivity contribution < 1.29 is 83.9 Å². The van der Waals surface area contributed by atoms with E-state index in [0.29, 0.717) is 106 Å². The van der Waals surface area contributed by atoms with Crippen molar-refractivity contribution in [3.8, 4) is 51.7 Å². The molecule has 0 radical (unpaired) electrons. The molecule has 0 atom stereocenters. The van der Waals surface area contributed by atoms with E-state index in [4.69, 9.17) is 4.74 Å². The maximum Gasteiger partial charge on any atom is 0.338 e. The summed E-state index contributed by atoms with van der Waals surface area (Å²) < 4.78 is 5.09. The van der Waals surface area contributed by atoms with Crippen LogP contribution < -0.4 is 42.0 Å². The Labute approximate surface area is 785 Å². The van der Waals surface area contributed by atoms with Crippen molar-refractivity contribution in [3.63, 3.8) is 0 Å². The highest BCUT2D eigenvalue weighted by Crippen LogP contribution is 2.38. The van der Waals surface area contributed by atoms with Crippen LogP contribution in [0.5, 0.6) is 51.7 Å². The first-order valence-electron chi connectivity index (χ1n) is 42.0. The van der Waals surface area contributed by atoms with Gasteiger partial charge >= 0.3 is 5.97 Å². The minimum Gasteiger partial charge on any atom is -0.508 e. The average molecular weight is 1820 g/mol. The van der Waals surface area contributed by atoms with Crippen LogP contribution in [0.15, 0.2) is 388 Å². The minimum absolute atomic E-state index is 0.0540. The third-order valence-corrected chi connectivity index (χ3v) is 20.0. The number of amides is 7. The lowest BCUT2D eigenvalue weighted by molar-refractivity contribution is -0.130. The van der Waals surface area contributed by atoms with Gasteiger partial charge in [0.05, 0.1) is 17.1 Å². The lowest BCUT2D eigenvalue weighted by atomic mass is 10.1. The van der Waals surface area contributed by atoms with Gasteiger partial charge in [-0.2, -0.15) is 0 Å². The quantitative estimate of drug-likeness (QED) is 0.0140. The number of aromatic hydroxyl groups is 8. The zero-order valence-electron chi connectivity index (χ0n) is 76.1. The van der Waals surface area contributed by atoms with Crippen LogP contribution in [0.25, 0.3) is 86.2 Å². The number of phenols is 8. The van der Waals surface area contributed by atoms with E-state index in [9.17, 15) is 79.2 Å². The summed E-state index contributed by atoms with van der Waals surface area (Å²) in [5.74, 6) is -0.453. The van der Waals surface area contributed by atoms with Gasteiger partial charge in [-0.15, -0.1) is 0 Å². The second-order valence-corrected chi connectivity index (χ2v) is 31.3. The Morgan fingerprint density at radius 1 is 0.213 bits per heavy atom. The molecule has 0 aliphatic heterocycles. The van der Waals surface area contributed by atoms with E-state index in [2.05, 4.69) is 89.8 Å². The van der Waals surface area contributed by atoms with E-state index in [1.165, 1.54) is 6.07 Å². The summed E-state index contributed by atoms with van der Waals surface area (Å²) in [6, 6.07) is 85.1. The molecule has 136 heavy (non-hydrogen) atoms. The standard InChI is InChI=1S/7C14H13NO2.C14H12O3/c1-9(2)14(17)15-12-7-3-6-11-10(12)5-4-8-13(11)16;1-9(2)14(17)15-11-7-3-5-10-6-4-8-12(16)13(10)11;1-9(2)14(17)15-13-5-3-4-10-8-11(16)6-7-12(10)13;1-9(2)14(17)15-13-5-3-4-10-6-7-11(16)8-12(10)13;1-9(2)14(17)15-13-8-11(16)7-10-5-3-4-6-12(10)13;1-9(2)14(17)15-12-7-8-13(16)11-6-4-3-5-10(11)12;1-9(2)14(17)15-13-11-6-4-3-5-10(11)7-8-12(13)16;1-9(2)14(16)17-11-7-6-10-4-3-5-13(15)12(10)8-11/h7*3-8,16H,1H2,2H3,(H,15,17);3-8,15H,1H2,2H3. The predicted molar refractivity (Wildman–Crippen MR) is 549 cm³/mol. The zero-order valence-corrected chi connectivity index (χ0v) is 76.1. The fourth-order valence-corrected chi connectivity index (χ4v) is 12.8. The first kappa shape index (κ1) is 101. The second kappa shape index (κ2) is 47.3. The summed E-state index contributed by atoms with van der Waals surface area (Å²) in [5, 5.41) is 110. The van der Waals surface area contributed by atoms with Gasteiger partial charge in [-0.1, -0.05) is 229 Å². The van der Waals surface area contributed by atoms with Crippen molar-refractivity contribution in [3.05, 3.63) is 388 Å². The van der Waals surface area contributed by atoms with Crippen LogP contribution in [-0.2, 0) is 38.4 Å². The van der Waals surface area contributed by atoms with Crippen LogP contribution >= 0.6 is 0 Å². The van der Waals surface area contributed by atoms with Crippen LogP contribution in [0.4, 0.5) is 39.8 Å². The molecule has 0 aromatic heterocycles. The second-order valence-electron chi connectivity index (χ2n) is 31.3. The largest absolute Gasteiger partial charge is 0.508 e. The lowest BCUT2D eigenvalue weighted by Crippen LogP contribution is -2.12. The van der Waals surface area contributed by atoms with Crippen molar-refractivity contribution in [2.45, 2.75) is 55.4 Å². The van der Waals surface area contributed by atoms with E-state index in [-0.39, 0.29) is 87.3 Å². The van der Waals surface area contributed by atoms with Gasteiger partial charge in [0, 0.05) is 127 Å². The molecule has 0 aliphatic carbocycles. The van der Waals surface area contributed by atoms with Crippen molar-refractivity contribution in [1.82, 2.24) is 0 Å². The Morgan fingerprint density at radius 3 is 1.07 bits per heavy atom. The fraction of sp³-hybridized carbons (Fsp3) is 0.0714. The summed E-state index contributed by atoms with van der Waals surface area (Å²) in [6.07, 6.45) is 0. The highest BCUT2D eigenvalue weighted by atomic mass is 16.5. The third-order valence-electron chi connectivity index (χ3n) is 20.0. The lowest BCUT2D eigenvalue weighted by Gasteiger charge is -2.10. The average Bonchev–Trinajstić information content (AvgIpc) is 0.810. The number of hydrogen-bond acceptors (Lipinski definition) is 17. The molecular weight excluding hydrogens is 1720 g/mol. The van der Waals surface area contributed by atoms with E-state index in [1.807, 2.05) is 127 Å². The molecule has 24 nitrogen and oxygen atoms in total. The van der Waals surface area contributed by atoms with Crippen LogP contribution in [0.2, 0.25) is 0 Å². The zero-order chi connectivity index (χ0) is 99.3. The minimum atomic E-state index is -0.472. The van der Waals surface area contributed by atoms with E-state index < -0.39 is 5.97 Å². The first-order valence-corrected chi connectivity index (χ1v) is 42.0. The van der Waals surface area contributed by atoms with Crippen LogP contribution in [0.3, 0.4) is 0 Å². The predicted octanol–water partition coefficient (Wildman–Crippen LogP) is 24.4. The summed E-state index contributed by atoms with van der Waals surface area (Å²) in [5.41, 5.74) is 7.74. The maximum atomic E-state index is 11.6. The molecule has 7 amide bonds. The molecule has 0 unspecified atom stereocenters. The maximum absolute atomic E-state index is 11.6. The Morgan fingerprint density at radius 2 is 0.529 bits per heavy atom. The number of rotatable bonds is 16. The topological polar surface area (TPSA) is 392 Å². The molecule has 0 spiro atoms. The number of carbonyl (C=O) groups is 8. The van der Waals surface area contributed by atoms with Gasteiger partial charge in [0.1, 0.15) is 51.7 Å². The van der Waals surface area contributed by atoms with Crippen LogP contribution in [0.1, 0.15) is 55.4 Å². The number of anilines is 7. The molecule has 0 fully saturated rings. The van der Waals surface area contributed by atoms with Gasteiger partial charge in [-0.05, 0) is 197 Å². The van der Waals surface area contributed by atoms with Gasteiger partial charge in [0.25, 0.3) is 41.4 Å². The van der Waals surface area contributed by atoms with Crippen molar-refractivity contribution in [2.24, 2.45) is 0 Å². The number of phenolic OH excluding ortho intramolecular Hbond substituents is 8. The van der Waals surface area contributed by atoms with Gasteiger partial charge < -0.3 is 82.8 Å². The monoisotopic (exact) mass is 1820 g/mol. The van der Waals surface area contributed by atoms with Crippen LogP contribution in [-0.4, -0.2) is 88.2 Å². The summed E-state index contributed by atoms with van der Waals surface area (Å²) in [7, 11) is 0. The van der Waals surface area contributed by atoms with Gasteiger partial charge in [-0.3, -0.25) is 33.6 Å². The molecule has 688 valence electrons. The fourth-order valence-electron chi connectivity index (χ4n) is 12.8. The molecule has 0 saturated carbocycles. The Bertz CT molecular complexity index is 7240. The van der Waals surface area contributed by atoms with Gasteiger partial charge in [0.15, 0.2) is 0 Å². The summed E-state index contributed by atoms with van der Waals surface area (Å²) >= 11 is 0. The van der Waals surface area contributed by atoms with Crippen molar-refractivity contribution in [1.29, 1.82) is 0 Å². The molecule has 16 rings (SSSR count). The Balaban J connectivity index is 0.000000174. The number of hydrogen-bond donors (Lipinski definition) is 15. The summed E-state index contributed by atoms with van der Waals surface area (Å²) in [6.45, 7) is 41.7.